The normalized spacial score (nSPS) is 30.0. The summed E-state index contributed by atoms with van der Waals surface area (Å²) in [6.07, 6.45) is 5.84. The first-order chi connectivity index (χ1) is 7.63. The number of nitrogens with zero attached hydrogens (tertiary/aromatic N) is 1. The van der Waals surface area contributed by atoms with Crippen LogP contribution in [-0.4, -0.2) is 23.3 Å². The monoisotopic (exact) mass is 222 g/mol. The molecule has 2 unspecified atom stereocenters. The average Bonchev–Trinajstić information content (AvgIpc) is 2.15. The molecule has 0 aromatic carbocycles. The molecule has 4 heteroatoms. The highest BCUT2D eigenvalue weighted by molar-refractivity contribution is 5.40. The second-order valence-corrected chi connectivity index (χ2v) is 4.42. The van der Waals surface area contributed by atoms with Crippen LogP contribution in [0.25, 0.3) is 0 Å². The lowest BCUT2D eigenvalue weighted by atomic mass is 10.0. The van der Waals surface area contributed by atoms with Crippen molar-refractivity contribution in [3.8, 4) is 5.75 Å². The van der Waals surface area contributed by atoms with Crippen LogP contribution in [-0.2, 0) is 4.74 Å². The molecular formula is C12H18N2O2. The van der Waals surface area contributed by atoms with Gasteiger partial charge in [0.15, 0.2) is 0 Å². The molecule has 1 fully saturated rings. The molecule has 2 rings (SSSR count). The highest BCUT2D eigenvalue weighted by atomic mass is 16.5. The van der Waals surface area contributed by atoms with Gasteiger partial charge in [0.25, 0.3) is 0 Å². The maximum Gasteiger partial charge on any atom is 0.140 e. The van der Waals surface area contributed by atoms with E-state index in [-0.39, 0.29) is 18.3 Å². The molecule has 88 valence electrons. The van der Waals surface area contributed by atoms with Crippen LogP contribution < -0.4 is 10.5 Å². The summed E-state index contributed by atoms with van der Waals surface area (Å²) in [6.45, 7) is 4.15. The molecule has 0 aliphatic carbocycles. The van der Waals surface area contributed by atoms with Crippen LogP contribution in [0, 0.1) is 0 Å². The van der Waals surface area contributed by atoms with Gasteiger partial charge in [-0.25, -0.2) is 0 Å². The second-order valence-electron chi connectivity index (χ2n) is 4.42. The van der Waals surface area contributed by atoms with Crippen LogP contribution in [0.2, 0.25) is 0 Å². The zero-order valence-corrected chi connectivity index (χ0v) is 9.72. The van der Waals surface area contributed by atoms with Gasteiger partial charge in [0, 0.05) is 18.9 Å². The fourth-order valence-corrected chi connectivity index (χ4v) is 2.13. The third kappa shape index (κ3) is 2.85. The minimum absolute atomic E-state index is 0.197. The van der Waals surface area contributed by atoms with Gasteiger partial charge in [0.05, 0.1) is 30.3 Å². The number of hydrogen-bond donors (Lipinski definition) is 1. The number of pyridine rings is 1. The fraction of sp³-hybridized carbons (Fsp3) is 0.583. The predicted molar refractivity (Wildman–Crippen MR) is 62.3 cm³/mol. The summed E-state index contributed by atoms with van der Waals surface area (Å²) in [4.78, 5) is 4.01. The number of anilines is 1. The summed E-state index contributed by atoms with van der Waals surface area (Å²) >= 11 is 0. The lowest BCUT2D eigenvalue weighted by molar-refractivity contribution is -0.0721. The van der Waals surface area contributed by atoms with Crippen LogP contribution in [0.1, 0.15) is 26.7 Å². The predicted octanol–water partition coefficient (Wildman–Crippen LogP) is 2.00. The molecule has 0 radical (unpaired) electrons. The van der Waals surface area contributed by atoms with Gasteiger partial charge in [-0.05, 0) is 13.8 Å². The number of nitrogens with two attached hydrogens (primary N) is 1. The molecule has 1 aliphatic rings. The highest BCUT2D eigenvalue weighted by Crippen LogP contribution is 2.24. The quantitative estimate of drug-likeness (QED) is 0.831. The van der Waals surface area contributed by atoms with E-state index in [2.05, 4.69) is 18.8 Å². The van der Waals surface area contributed by atoms with Crippen LogP contribution in [0.15, 0.2) is 18.5 Å². The third-order valence-corrected chi connectivity index (χ3v) is 2.69. The molecule has 1 saturated heterocycles. The fourth-order valence-electron chi connectivity index (χ4n) is 2.13. The molecule has 1 aromatic heterocycles. The molecule has 4 nitrogen and oxygen atoms in total. The van der Waals surface area contributed by atoms with Crippen LogP contribution in [0.4, 0.5) is 5.69 Å². The van der Waals surface area contributed by atoms with Gasteiger partial charge in [0.2, 0.25) is 0 Å². The number of rotatable bonds is 2. The van der Waals surface area contributed by atoms with Crippen molar-refractivity contribution < 1.29 is 9.47 Å². The van der Waals surface area contributed by atoms with Crippen LogP contribution in [0.3, 0.4) is 0 Å². The average molecular weight is 222 g/mol. The van der Waals surface area contributed by atoms with Crippen LogP contribution >= 0.6 is 0 Å². The topological polar surface area (TPSA) is 57.4 Å². The number of hydrogen-bond acceptors (Lipinski definition) is 4. The van der Waals surface area contributed by atoms with E-state index in [0.29, 0.717) is 5.69 Å². The minimum atomic E-state index is 0.197. The Morgan fingerprint density at radius 2 is 2.00 bits per heavy atom. The van der Waals surface area contributed by atoms with Crippen molar-refractivity contribution >= 4 is 5.69 Å². The Hall–Kier alpha value is -1.29. The lowest BCUT2D eigenvalue weighted by Crippen LogP contribution is -2.35. The van der Waals surface area contributed by atoms with E-state index >= 15 is 0 Å². The Morgan fingerprint density at radius 3 is 2.62 bits per heavy atom. The molecule has 0 amide bonds. The largest absolute Gasteiger partial charge is 0.489 e. The molecule has 1 aromatic rings. The molecule has 16 heavy (non-hydrogen) atoms. The Balaban J connectivity index is 1.98. The van der Waals surface area contributed by atoms with Gasteiger partial charge < -0.3 is 15.2 Å². The molecule has 0 saturated carbocycles. The third-order valence-electron chi connectivity index (χ3n) is 2.69. The van der Waals surface area contributed by atoms with E-state index in [4.69, 9.17) is 15.2 Å². The molecule has 0 spiro atoms. The van der Waals surface area contributed by atoms with Crippen molar-refractivity contribution in [1.29, 1.82) is 0 Å². The molecular weight excluding hydrogens is 204 g/mol. The maximum atomic E-state index is 5.85. The Morgan fingerprint density at radius 1 is 1.31 bits per heavy atom. The minimum Gasteiger partial charge on any atom is -0.489 e. The number of ether oxygens (including phenoxy) is 2. The second kappa shape index (κ2) is 4.70. The van der Waals surface area contributed by atoms with Gasteiger partial charge in [-0.15, -0.1) is 0 Å². The van der Waals surface area contributed by atoms with Gasteiger partial charge in [-0.3, -0.25) is 4.98 Å². The molecule has 1 aliphatic heterocycles. The summed E-state index contributed by atoms with van der Waals surface area (Å²) in [5.74, 6) is 0.742. The molecule has 2 N–H and O–H groups in total. The van der Waals surface area contributed by atoms with Crippen molar-refractivity contribution in [2.45, 2.75) is 45.0 Å². The number of nitrogen functional groups attached to an aromatic ring is 1. The summed E-state index contributed by atoms with van der Waals surface area (Å²) in [5.41, 5.74) is 6.28. The zero-order valence-electron chi connectivity index (χ0n) is 9.72. The maximum absolute atomic E-state index is 5.85. The first-order valence-electron chi connectivity index (χ1n) is 5.66. The Bertz CT molecular complexity index is 347. The van der Waals surface area contributed by atoms with E-state index < -0.39 is 0 Å². The van der Waals surface area contributed by atoms with E-state index in [1.165, 1.54) is 0 Å². The number of aromatic nitrogens is 1. The van der Waals surface area contributed by atoms with Crippen LogP contribution in [0.5, 0.6) is 5.75 Å². The van der Waals surface area contributed by atoms with Gasteiger partial charge >= 0.3 is 0 Å². The summed E-state index contributed by atoms with van der Waals surface area (Å²) in [7, 11) is 0. The SMILES string of the molecule is CC1CC(Oc2cncc(N)c2)CC(C)O1. The highest BCUT2D eigenvalue weighted by Gasteiger charge is 2.25. The Kier molecular flexibility index (Phi) is 3.29. The summed E-state index contributed by atoms with van der Waals surface area (Å²) in [5, 5.41) is 0. The smallest absolute Gasteiger partial charge is 0.140 e. The molecule has 2 heterocycles. The van der Waals surface area contributed by atoms with Gasteiger partial charge in [0.1, 0.15) is 11.9 Å². The van der Waals surface area contributed by atoms with Gasteiger partial charge in [-0.1, -0.05) is 0 Å². The van der Waals surface area contributed by atoms with E-state index in [1.807, 2.05) is 0 Å². The van der Waals surface area contributed by atoms with Crippen molar-refractivity contribution in [3.63, 3.8) is 0 Å². The van der Waals surface area contributed by atoms with Gasteiger partial charge in [-0.2, -0.15) is 0 Å². The van der Waals surface area contributed by atoms with E-state index in [1.54, 1.807) is 18.5 Å². The van der Waals surface area contributed by atoms with Crippen molar-refractivity contribution in [3.05, 3.63) is 18.5 Å². The van der Waals surface area contributed by atoms with E-state index in [9.17, 15) is 0 Å². The lowest BCUT2D eigenvalue weighted by Gasteiger charge is -2.32. The first-order valence-corrected chi connectivity index (χ1v) is 5.66. The zero-order chi connectivity index (χ0) is 11.5. The summed E-state index contributed by atoms with van der Waals surface area (Å²) in [6, 6.07) is 1.80. The van der Waals surface area contributed by atoms with E-state index in [0.717, 1.165) is 18.6 Å². The molecule has 0 bridgehead atoms. The van der Waals surface area contributed by atoms with Crippen molar-refractivity contribution in [2.24, 2.45) is 0 Å². The first kappa shape index (κ1) is 11.2. The van der Waals surface area contributed by atoms with Crippen molar-refractivity contribution in [1.82, 2.24) is 4.98 Å². The van der Waals surface area contributed by atoms with Crippen molar-refractivity contribution in [2.75, 3.05) is 5.73 Å². The Labute approximate surface area is 95.8 Å². The molecule has 2 atom stereocenters. The summed E-state index contributed by atoms with van der Waals surface area (Å²) < 4.78 is 11.5. The standard InChI is InChI=1S/C12H18N2O2/c1-8-3-11(4-9(2)15-8)16-12-5-10(13)6-14-7-12/h5-9,11H,3-4,13H2,1-2H3.